The number of hydrogen-bond donors (Lipinski definition) is 0. The Morgan fingerprint density at radius 2 is 1.03 bits per heavy atom. The summed E-state index contributed by atoms with van der Waals surface area (Å²) in [5.74, 6) is 0. The molecule has 0 saturated heterocycles. The van der Waals surface area contributed by atoms with Crippen LogP contribution in [0, 0.1) is 12.1 Å². The molecule has 39 heavy (non-hydrogen) atoms. The Balaban J connectivity index is 0.00000353. The minimum Gasteiger partial charge on any atom is -0.300 e. The summed E-state index contributed by atoms with van der Waals surface area (Å²) in [7, 11) is 0. The molecule has 0 atom stereocenters. The first kappa shape index (κ1) is 29.4. The fourth-order valence-corrected chi connectivity index (χ4v) is 5.60. The fraction of sp³-hybridized carbons (Fsp3) is 0.389. The van der Waals surface area contributed by atoms with Crippen molar-refractivity contribution in [2.45, 2.75) is 89.9 Å². The molecule has 1 aliphatic carbocycles. The van der Waals surface area contributed by atoms with Crippen LogP contribution in [0.3, 0.4) is 0 Å². The van der Waals surface area contributed by atoms with Gasteiger partial charge in [0.05, 0.1) is 5.41 Å². The second kappa shape index (κ2) is 11.5. The third-order valence-electron chi connectivity index (χ3n) is 8.10. The van der Waals surface area contributed by atoms with Gasteiger partial charge in [-0.2, -0.15) is 0 Å². The minimum absolute atomic E-state index is 0. The summed E-state index contributed by atoms with van der Waals surface area (Å²) in [6, 6.07) is 32.9. The van der Waals surface area contributed by atoms with Gasteiger partial charge in [0, 0.05) is 11.4 Å². The van der Waals surface area contributed by atoms with Gasteiger partial charge in [-0.15, -0.1) is 70.8 Å². The van der Waals surface area contributed by atoms with Crippen LogP contribution in [0.4, 0.5) is 0 Å². The van der Waals surface area contributed by atoms with Crippen LogP contribution < -0.4 is 0 Å². The van der Waals surface area contributed by atoms with Crippen LogP contribution in [0.2, 0.25) is 0 Å². The summed E-state index contributed by atoms with van der Waals surface area (Å²) in [5.41, 5.74) is 8.91. The van der Waals surface area contributed by atoms with Crippen LogP contribution in [0.25, 0.3) is 22.5 Å². The monoisotopic (exact) mass is 695 g/mol. The third kappa shape index (κ3) is 6.28. The first-order valence-electron chi connectivity index (χ1n) is 14.1. The van der Waals surface area contributed by atoms with Gasteiger partial charge < -0.3 is 9.97 Å². The Morgan fingerprint density at radius 3 is 1.38 bits per heavy atom. The molecule has 3 heteroatoms. The summed E-state index contributed by atoms with van der Waals surface area (Å²) in [6.45, 7) is 13.4. The van der Waals surface area contributed by atoms with E-state index < -0.39 is 0 Å². The number of rotatable bonds is 4. The molecule has 2 aromatic carbocycles. The summed E-state index contributed by atoms with van der Waals surface area (Å²) in [4.78, 5) is 10.5. The zero-order chi connectivity index (χ0) is 27.0. The molecule has 0 unspecified atom stereocenters. The van der Waals surface area contributed by atoms with Gasteiger partial charge in [0.15, 0.2) is 0 Å². The molecule has 1 aliphatic rings. The Hall–Kier alpha value is -2.57. The van der Waals surface area contributed by atoms with Crippen LogP contribution in [0.15, 0.2) is 72.8 Å². The maximum Gasteiger partial charge on any atom is 2.00 e. The Labute approximate surface area is 250 Å². The molecule has 2 nitrogen and oxygen atoms in total. The Morgan fingerprint density at radius 1 is 0.590 bits per heavy atom. The van der Waals surface area contributed by atoms with E-state index >= 15 is 0 Å². The minimum atomic E-state index is -0.180. The van der Waals surface area contributed by atoms with Crippen molar-refractivity contribution in [1.82, 2.24) is 9.97 Å². The number of nitrogens with zero attached hydrogens (tertiary/aromatic N) is 2. The van der Waals surface area contributed by atoms with Crippen LogP contribution in [0.5, 0.6) is 0 Å². The van der Waals surface area contributed by atoms with E-state index in [0.717, 1.165) is 46.7 Å². The van der Waals surface area contributed by atoms with Crippen molar-refractivity contribution in [1.29, 1.82) is 0 Å². The predicted octanol–water partition coefficient (Wildman–Crippen LogP) is 9.25. The number of benzene rings is 2. The van der Waals surface area contributed by atoms with Gasteiger partial charge in [-0.25, -0.2) is 0 Å². The molecular weight excluding hydrogens is 655 g/mol. The molecule has 1 saturated carbocycles. The predicted molar refractivity (Wildman–Crippen MR) is 158 cm³/mol. The quantitative estimate of drug-likeness (QED) is 0.199. The van der Waals surface area contributed by atoms with Gasteiger partial charge in [-0.05, 0) is 47.2 Å². The maximum atomic E-state index is 5.27. The van der Waals surface area contributed by atoms with E-state index in [-0.39, 0.29) is 37.3 Å². The molecule has 2 heterocycles. The van der Waals surface area contributed by atoms with Crippen LogP contribution >= 0.6 is 0 Å². The van der Waals surface area contributed by atoms with Crippen molar-refractivity contribution < 1.29 is 21.1 Å². The zero-order valence-electron chi connectivity index (χ0n) is 24.2. The molecule has 1 fully saturated rings. The van der Waals surface area contributed by atoms with Gasteiger partial charge in [0.25, 0.3) is 0 Å². The van der Waals surface area contributed by atoms with Crippen molar-refractivity contribution in [3.63, 3.8) is 0 Å². The molecule has 0 aliphatic heterocycles. The molecular formula is C36H40N2Pt. The molecule has 0 spiro atoms. The second-order valence-electron chi connectivity index (χ2n) is 12.9. The maximum absolute atomic E-state index is 5.27. The van der Waals surface area contributed by atoms with E-state index in [4.69, 9.17) is 9.97 Å². The SMILES string of the molecule is CC(C)(C)c1c[c-]c(-c2cccc(C3(c4cccc(-c5[c-]cc(C(C)(C)C)cc5)n4)CCCCC3)n2)cc1.[Pt+2]. The summed E-state index contributed by atoms with van der Waals surface area (Å²) in [5, 5.41) is 0. The molecule has 204 valence electrons. The standard InChI is InChI=1S/C36H40N2.Pt/c1-34(2,3)28-20-16-26(17-21-28)30-12-10-14-32(37-30)36(24-8-7-9-25-36)33-15-11-13-31(38-33)27-18-22-29(23-19-27)35(4,5)6;/h10-16,18,20-23H,7-9,24-25H2,1-6H3;/q-2;+2. The van der Waals surface area contributed by atoms with Gasteiger partial charge >= 0.3 is 21.1 Å². The first-order chi connectivity index (χ1) is 18.1. The third-order valence-corrected chi connectivity index (χ3v) is 8.10. The summed E-state index contributed by atoms with van der Waals surface area (Å²) < 4.78 is 0. The fourth-order valence-electron chi connectivity index (χ4n) is 5.60. The topological polar surface area (TPSA) is 25.8 Å². The van der Waals surface area contributed by atoms with Crippen molar-refractivity contribution in [3.05, 3.63) is 107 Å². The molecule has 4 aromatic rings. The number of pyridine rings is 2. The van der Waals surface area contributed by atoms with Crippen LogP contribution in [0.1, 0.15) is 96.2 Å². The number of aromatic nitrogens is 2. The van der Waals surface area contributed by atoms with E-state index in [9.17, 15) is 0 Å². The van der Waals surface area contributed by atoms with E-state index in [1.54, 1.807) is 0 Å². The van der Waals surface area contributed by atoms with E-state index in [1.807, 2.05) is 0 Å². The average molecular weight is 696 g/mol. The van der Waals surface area contributed by atoms with Crippen molar-refractivity contribution in [2.75, 3.05) is 0 Å². The largest absolute Gasteiger partial charge is 2.00 e. The summed E-state index contributed by atoms with van der Waals surface area (Å²) in [6.07, 6.45) is 5.79. The molecule has 5 rings (SSSR count). The Bertz CT molecular complexity index is 1280. The average Bonchev–Trinajstić information content (AvgIpc) is 2.93. The molecule has 2 aromatic heterocycles. The normalized spacial score (nSPS) is 15.4. The van der Waals surface area contributed by atoms with Crippen LogP contribution in [-0.2, 0) is 37.3 Å². The molecule has 0 amide bonds. The van der Waals surface area contributed by atoms with Gasteiger partial charge in [0.1, 0.15) is 0 Å². The molecule has 0 N–H and O–H groups in total. The summed E-state index contributed by atoms with van der Waals surface area (Å²) >= 11 is 0. The smallest absolute Gasteiger partial charge is 0.300 e. The van der Waals surface area contributed by atoms with E-state index in [0.29, 0.717) is 0 Å². The van der Waals surface area contributed by atoms with E-state index in [1.165, 1.54) is 30.4 Å². The van der Waals surface area contributed by atoms with Crippen molar-refractivity contribution in [3.8, 4) is 22.5 Å². The van der Waals surface area contributed by atoms with Crippen LogP contribution in [-0.4, -0.2) is 9.97 Å². The zero-order valence-corrected chi connectivity index (χ0v) is 26.4. The van der Waals surface area contributed by atoms with Crippen molar-refractivity contribution >= 4 is 0 Å². The Kier molecular flexibility index (Phi) is 8.67. The van der Waals surface area contributed by atoms with Gasteiger partial charge in [-0.3, -0.25) is 0 Å². The second-order valence-corrected chi connectivity index (χ2v) is 12.9. The van der Waals surface area contributed by atoms with E-state index in [2.05, 4.69) is 126 Å². The first-order valence-corrected chi connectivity index (χ1v) is 14.1. The van der Waals surface area contributed by atoms with Crippen molar-refractivity contribution in [2.24, 2.45) is 0 Å². The van der Waals surface area contributed by atoms with Gasteiger partial charge in [0.2, 0.25) is 0 Å². The molecule has 0 radical (unpaired) electrons. The number of hydrogen-bond acceptors (Lipinski definition) is 2. The van der Waals surface area contributed by atoms with Gasteiger partial charge in [-0.1, -0.05) is 85.1 Å². The molecule has 0 bridgehead atoms.